The van der Waals surface area contributed by atoms with Crippen LogP contribution in [0.25, 0.3) is 17.1 Å². The highest BCUT2D eigenvalue weighted by Crippen LogP contribution is 2.22. The van der Waals surface area contributed by atoms with Crippen LogP contribution < -0.4 is 10.6 Å². The first-order valence-corrected chi connectivity index (χ1v) is 8.67. The van der Waals surface area contributed by atoms with Gasteiger partial charge in [-0.1, -0.05) is 17.7 Å². The molecule has 2 heterocycles. The van der Waals surface area contributed by atoms with E-state index < -0.39 is 0 Å². The fraction of sp³-hybridized carbons (Fsp3) is 0. The molecule has 28 heavy (non-hydrogen) atoms. The number of carbonyl (C=O) groups is 1. The molecule has 0 aliphatic rings. The minimum atomic E-state index is 0.383. The minimum absolute atomic E-state index is 0.383. The number of aromatic nitrogens is 5. The fourth-order valence-corrected chi connectivity index (χ4v) is 2.78. The van der Waals surface area contributed by atoms with Gasteiger partial charge in [0.05, 0.1) is 11.7 Å². The van der Waals surface area contributed by atoms with Gasteiger partial charge in [-0.15, -0.1) is 0 Å². The Balaban J connectivity index is 1.57. The number of aldehydes is 1. The molecule has 0 unspecified atom stereocenters. The molecule has 0 spiro atoms. The summed E-state index contributed by atoms with van der Waals surface area (Å²) in [6.07, 6.45) is 6.82. The van der Waals surface area contributed by atoms with Gasteiger partial charge in [0.25, 0.3) is 0 Å². The molecule has 4 aromatic rings. The van der Waals surface area contributed by atoms with Crippen molar-refractivity contribution < 1.29 is 4.79 Å². The van der Waals surface area contributed by atoms with Crippen LogP contribution in [0.3, 0.4) is 0 Å². The van der Waals surface area contributed by atoms with E-state index >= 15 is 0 Å². The number of hydrogen-bond acceptors (Lipinski definition) is 7. The Morgan fingerprint density at radius 3 is 2.54 bits per heavy atom. The lowest BCUT2D eigenvalue weighted by molar-refractivity contribution is -0.104. The van der Waals surface area contributed by atoms with E-state index in [1.807, 2.05) is 30.3 Å². The Morgan fingerprint density at radius 2 is 1.79 bits per heavy atom. The molecule has 0 bridgehead atoms. The van der Waals surface area contributed by atoms with Gasteiger partial charge in [0.15, 0.2) is 0 Å². The van der Waals surface area contributed by atoms with Crippen molar-refractivity contribution in [1.29, 1.82) is 0 Å². The van der Waals surface area contributed by atoms with Crippen LogP contribution >= 0.6 is 11.6 Å². The molecule has 0 saturated carbocycles. The molecule has 0 amide bonds. The smallest absolute Gasteiger partial charge is 0.232 e. The summed E-state index contributed by atoms with van der Waals surface area (Å²) in [5.74, 6) is 0.771. The summed E-state index contributed by atoms with van der Waals surface area (Å²) in [7, 11) is 0. The summed E-state index contributed by atoms with van der Waals surface area (Å²) in [5, 5.41) is 12.0. The number of fused-ring (bicyclic) bond motifs is 1. The molecular formula is C19H14ClN7O. The van der Waals surface area contributed by atoms with Crippen LogP contribution in [-0.2, 0) is 4.79 Å². The lowest BCUT2D eigenvalue weighted by Crippen LogP contribution is -2.02. The normalized spacial score (nSPS) is 11.0. The monoisotopic (exact) mass is 391 g/mol. The van der Waals surface area contributed by atoms with Gasteiger partial charge in [-0.3, -0.25) is 4.79 Å². The van der Waals surface area contributed by atoms with E-state index in [1.54, 1.807) is 29.2 Å². The third-order valence-corrected chi connectivity index (χ3v) is 4.05. The number of benzene rings is 2. The standard InChI is InChI=1S/C19H14ClN7O/c20-14-3-1-4-15(9-14)24-18-21-12-22-19(26-18)25-16-6-5-13-11-23-27(7-2-8-28)17(13)10-16/h1-12H,(H2,21,22,24,25,26). The highest BCUT2D eigenvalue weighted by atomic mass is 35.5. The van der Waals surface area contributed by atoms with Crippen LogP contribution in [0.5, 0.6) is 0 Å². The number of rotatable bonds is 6. The summed E-state index contributed by atoms with van der Waals surface area (Å²) in [6, 6.07) is 13.0. The van der Waals surface area contributed by atoms with E-state index in [1.165, 1.54) is 12.4 Å². The number of halogens is 1. The SMILES string of the molecule is O=CC=Cn1ncc2ccc(Nc3ncnc(Nc4cccc(Cl)c4)n3)cc21. The van der Waals surface area contributed by atoms with Gasteiger partial charge in [0.1, 0.15) is 12.6 Å². The maximum absolute atomic E-state index is 10.5. The number of allylic oxidation sites excluding steroid dienone is 1. The fourth-order valence-electron chi connectivity index (χ4n) is 2.59. The molecule has 8 nitrogen and oxygen atoms in total. The van der Waals surface area contributed by atoms with Gasteiger partial charge in [0, 0.05) is 28.0 Å². The van der Waals surface area contributed by atoms with Gasteiger partial charge in [-0.05, 0) is 42.5 Å². The van der Waals surface area contributed by atoms with Crippen LogP contribution in [0.1, 0.15) is 0 Å². The van der Waals surface area contributed by atoms with E-state index in [-0.39, 0.29) is 0 Å². The number of nitrogens with zero attached hydrogens (tertiary/aromatic N) is 5. The largest absolute Gasteiger partial charge is 0.324 e. The van der Waals surface area contributed by atoms with Gasteiger partial charge in [0.2, 0.25) is 11.9 Å². The molecule has 0 radical (unpaired) electrons. The van der Waals surface area contributed by atoms with Crippen LogP contribution in [-0.4, -0.2) is 31.0 Å². The molecule has 0 atom stereocenters. The predicted molar refractivity (Wildman–Crippen MR) is 109 cm³/mol. The zero-order chi connectivity index (χ0) is 19.3. The maximum atomic E-state index is 10.5. The summed E-state index contributed by atoms with van der Waals surface area (Å²) in [6.45, 7) is 0. The lowest BCUT2D eigenvalue weighted by Gasteiger charge is -2.08. The third-order valence-electron chi connectivity index (χ3n) is 3.81. The molecule has 0 fully saturated rings. The van der Waals surface area contributed by atoms with Crippen LogP contribution in [0.4, 0.5) is 23.3 Å². The van der Waals surface area contributed by atoms with Gasteiger partial charge in [-0.25, -0.2) is 14.6 Å². The maximum Gasteiger partial charge on any atom is 0.232 e. The second-order valence-electron chi connectivity index (χ2n) is 5.73. The second kappa shape index (κ2) is 7.85. The van der Waals surface area contributed by atoms with Crippen molar-refractivity contribution in [2.24, 2.45) is 0 Å². The average molecular weight is 392 g/mol. The molecule has 2 N–H and O–H groups in total. The first kappa shape index (κ1) is 17.6. The molecule has 9 heteroatoms. The summed E-state index contributed by atoms with van der Waals surface area (Å²) < 4.78 is 1.62. The van der Waals surface area contributed by atoms with Crippen molar-refractivity contribution in [3.05, 3.63) is 66.1 Å². The second-order valence-corrected chi connectivity index (χ2v) is 6.17. The molecule has 138 valence electrons. The van der Waals surface area contributed by atoms with Crippen LogP contribution in [0.2, 0.25) is 5.02 Å². The summed E-state index contributed by atoms with van der Waals surface area (Å²) in [5.41, 5.74) is 2.39. The Bertz CT molecular complexity index is 1170. The molecule has 4 rings (SSSR count). The van der Waals surface area contributed by atoms with Crippen molar-refractivity contribution in [2.75, 3.05) is 10.6 Å². The number of nitrogens with one attached hydrogen (secondary N) is 2. The first-order chi connectivity index (χ1) is 13.7. The molecular weight excluding hydrogens is 378 g/mol. The van der Waals surface area contributed by atoms with Gasteiger partial charge >= 0.3 is 0 Å². The molecule has 0 aliphatic carbocycles. The van der Waals surface area contributed by atoms with E-state index in [0.29, 0.717) is 23.2 Å². The quantitative estimate of drug-likeness (QED) is 0.378. The summed E-state index contributed by atoms with van der Waals surface area (Å²) >= 11 is 6.00. The van der Waals surface area contributed by atoms with E-state index in [2.05, 4.69) is 30.7 Å². The number of hydrogen-bond donors (Lipinski definition) is 2. The Labute approximate surface area is 164 Å². The van der Waals surface area contributed by atoms with Crippen molar-refractivity contribution in [1.82, 2.24) is 24.7 Å². The topological polar surface area (TPSA) is 97.6 Å². The number of anilines is 4. The molecule has 0 saturated heterocycles. The zero-order valence-corrected chi connectivity index (χ0v) is 15.2. The number of carbonyl (C=O) groups excluding carboxylic acids is 1. The Morgan fingerprint density at radius 1 is 1.00 bits per heavy atom. The van der Waals surface area contributed by atoms with Crippen molar-refractivity contribution >= 4 is 58.3 Å². The predicted octanol–water partition coefficient (Wildman–Crippen LogP) is 4.03. The average Bonchev–Trinajstić information content (AvgIpc) is 3.09. The summed E-state index contributed by atoms with van der Waals surface area (Å²) in [4.78, 5) is 23.2. The van der Waals surface area contributed by atoms with Crippen LogP contribution in [0.15, 0.2) is 61.1 Å². The van der Waals surface area contributed by atoms with Crippen LogP contribution in [0, 0.1) is 0 Å². The van der Waals surface area contributed by atoms with E-state index in [0.717, 1.165) is 22.3 Å². The van der Waals surface area contributed by atoms with Crippen molar-refractivity contribution in [3.8, 4) is 0 Å². The lowest BCUT2D eigenvalue weighted by atomic mass is 10.2. The van der Waals surface area contributed by atoms with E-state index in [9.17, 15) is 4.79 Å². The van der Waals surface area contributed by atoms with Crippen molar-refractivity contribution in [3.63, 3.8) is 0 Å². The van der Waals surface area contributed by atoms with Gasteiger partial charge in [-0.2, -0.15) is 10.1 Å². The Kier molecular flexibility index (Phi) is 4.94. The molecule has 0 aliphatic heterocycles. The third kappa shape index (κ3) is 3.97. The van der Waals surface area contributed by atoms with Crippen molar-refractivity contribution in [2.45, 2.75) is 0 Å². The highest BCUT2D eigenvalue weighted by molar-refractivity contribution is 6.30. The van der Waals surface area contributed by atoms with Gasteiger partial charge < -0.3 is 10.6 Å². The van der Waals surface area contributed by atoms with E-state index in [4.69, 9.17) is 11.6 Å². The zero-order valence-electron chi connectivity index (χ0n) is 14.5. The molecule has 2 aromatic carbocycles. The first-order valence-electron chi connectivity index (χ1n) is 8.29. The highest BCUT2D eigenvalue weighted by Gasteiger charge is 2.06. The minimum Gasteiger partial charge on any atom is -0.324 e. The molecule has 2 aromatic heterocycles. The Hall–Kier alpha value is -3.78.